The Bertz CT molecular complexity index is 341. The summed E-state index contributed by atoms with van der Waals surface area (Å²) >= 11 is 0. The van der Waals surface area contributed by atoms with E-state index in [0.717, 1.165) is 51.5 Å². The number of nitrogens with zero attached hydrogens (tertiary/aromatic N) is 1. The number of hydrogen-bond donors (Lipinski definition) is 2. The van der Waals surface area contributed by atoms with Gasteiger partial charge in [-0.2, -0.15) is 0 Å². The number of carbonyl (C=O) groups is 1. The molecule has 1 saturated heterocycles. The molecule has 0 radical (unpaired) electrons. The van der Waals surface area contributed by atoms with Gasteiger partial charge in [0.25, 0.3) is 0 Å². The van der Waals surface area contributed by atoms with Crippen molar-refractivity contribution < 1.29 is 9.90 Å². The van der Waals surface area contributed by atoms with Crippen LogP contribution < -0.4 is 5.32 Å². The molecule has 1 aliphatic heterocycles. The molecule has 0 aromatic heterocycles. The molecule has 0 aromatic rings. The fourth-order valence-electron chi connectivity index (χ4n) is 4.41. The molecule has 2 amide bonds. The lowest BCUT2D eigenvalue weighted by Crippen LogP contribution is -2.50. The van der Waals surface area contributed by atoms with E-state index in [9.17, 15) is 9.90 Å². The highest BCUT2D eigenvalue weighted by atomic mass is 16.3. The van der Waals surface area contributed by atoms with Crippen LogP contribution in [0, 0.1) is 5.92 Å². The standard InChI is InChI=1S/C16H28N2O2/c19-15-10-4-8-13(15)14-9-5-11-18(14)16(20)17-12-6-2-1-3-7-12/h12-15,19H,1-11H2,(H,17,20). The second kappa shape index (κ2) is 6.33. The van der Waals surface area contributed by atoms with Crippen molar-refractivity contribution in [2.45, 2.75) is 82.4 Å². The van der Waals surface area contributed by atoms with E-state index in [4.69, 9.17) is 0 Å². The second-order valence-electron chi connectivity index (χ2n) is 6.85. The Morgan fingerprint density at radius 3 is 2.45 bits per heavy atom. The highest BCUT2D eigenvalue weighted by Gasteiger charge is 2.40. The topological polar surface area (TPSA) is 52.6 Å². The fraction of sp³-hybridized carbons (Fsp3) is 0.938. The minimum atomic E-state index is -0.192. The van der Waals surface area contributed by atoms with E-state index >= 15 is 0 Å². The average Bonchev–Trinajstić information content (AvgIpc) is 3.07. The summed E-state index contributed by atoms with van der Waals surface area (Å²) in [5.74, 6) is 0.314. The maximum absolute atomic E-state index is 12.5. The van der Waals surface area contributed by atoms with Crippen LogP contribution in [0.25, 0.3) is 0 Å². The number of urea groups is 1. The first-order valence-corrected chi connectivity index (χ1v) is 8.51. The number of carbonyl (C=O) groups excluding carboxylic acids is 1. The third-order valence-electron chi connectivity index (χ3n) is 5.52. The minimum absolute atomic E-state index is 0.124. The van der Waals surface area contributed by atoms with Crippen LogP contribution >= 0.6 is 0 Å². The molecule has 3 fully saturated rings. The van der Waals surface area contributed by atoms with Gasteiger partial charge in [-0.15, -0.1) is 0 Å². The summed E-state index contributed by atoms with van der Waals surface area (Å²) < 4.78 is 0. The number of aliphatic hydroxyl groups excluding tert-OH is 1. The summed E-state index contributed by atoms with van der Waals surface area (Å²) in [4.78, 5) is 14.5. The van der Waals surface area contributed by atoms with Crippen molar-refractivity contribution in [2.75, 3.05) is 6.54 Å². The number of nitrogens with one attached hydrogen (secondary N) is 1. The van der Waals surface area contributed by atoms with Crippen LogP contribution in [-0.4, -0.2) is 40.8 Å². The molecule has 20 heavy (non-hydrogen) atoms. The summed E-state index contributed by atoms with van der Waals surface area (Å²) in [6.07, 6.45) is 11.2. The monoisotopic (exact) mass is 280 g/mol. The Morgan fingerprint density at radius 2 is 1.75 bits per heavy atom. The number of amides is 2. The number of rotatable bonds is 2. The van der Waals surface area contributed by atoms with Gasteiger partial charge >= 0.3 is 6.03 Å². The molecular formula is C16H28N2O2. The van der Waals surface area contributed by atoms with Crippen molar-refractivity contribution in [3.63, 3.8) is 0 Å². The van der Waals surface area contributed by atoms with Gasteiger partial charge in [-0.1, -0.05) is 25.7 Å². The molecule has 3 unspecified atom stereocenters. The molecule has 4 heteroatoms. The molecule has 1 heterocycles. The van der Waals surface area contributed by atoms with Crippen molar-refractivity contribution in [2.24, 2.45) is 5.92 Å². The minimum Gasteiger partial charge on any atom is -0.393 e. The van der Waals surface area contributed by atoms with Gasteiger partial charge in [0.1, 0.15) is 0 Å². The molecule has 2 aliphatic carbocycles. The highest BCUT2D eigenvalue weighted by Crippen LogP contribution is 2.35. The van der Waals surface area contributed by atoms with E-state index in [1.807, 2.05) is 4.90 Å². The molecule has 0 aromatic carbocycles. The van der Waals surface area contributed by atoms with Crippen LogP contribution in [0.5, 0.6) is 0 Å². The van der Waals surface area contributed by atoms with Crippen LogP contribution in [-0.2, 0) is 0 Å². The first-order chi connectivity index (χ1) is 9.75. The van der Waals surface area contributed by atoms with E-state index in [0.29, 0.717) is 12.0 Å². The molecule has 0 bridgehead atoms. The summed E-state index contributed by atoms with van der Waals surface area (Å²) in [5.41, 5.74) is 0. The predicted octanol–water partition coefficient (Wildman–Crippen LogP) is 2.65. The zero-order valence-electron chi connectivity index (χ0n) is 12.4. The summed E-state index contributed by atoms with van der Waals surface area (Å²) in [5, 5.41) is 13.3. The molecule has 3 rings (SSSR count). The fourth-order valence-corrected chi connectivity index (χ4v) is 4.41. The molecule has 3 aliphatic rings. The third-order valence-corrected chi connectivity index (χ3v) is 5.52. The van der Waals surface area contributed by atoms with Crippen molar-refractivity contribution in [3.05, 3.63) is 0 Å². The zero-order valence-corrected chi connectivity index (χ0v) is 12.4. The molecule has 3 atom stereocenters. The van der Waals surface area contributed by atoms with E-state index in [-0.39, 0.29) is 18.2 Å². The summed E-state index contributed by atoms with van der Waals surface area (Å²) in [7, 11) is 0. The van der Waals surface area contributed by atoms with E-state index in [1.165, 1.54) is 19.3 Å². The van der Waals surface area contributed by atoms with Gasteiger partial charge in [0.15, 0.2) is 0 Å². The van der Waals surface area contributed by atoms with E-state index < -0.39 is 0 Å². The molecule has 2 N–H and O–H groups in total. The smallest absolute Gasteiger partial charge is 0.317 e. The van der Waals surface area contributed by atoms with Crippen LogP contribution in [0.1, 0.15) is 64.2 Å². The predicted molar refractivity (Wildman–Crippen MR) is 78.5 cm³/mol. The van der Waals surface area contributed by atoms with Gasteiger partial charge in [0.2, 0.25) is 0 Å². The van der Waals surface area contributed by atoms with Crippen LogP contribution in [0.4, 0.5) is 4.79 Å². The molecule has 2 saturated carbocycles. The Morgan fingerprint density at radius 1 is 0.950 bits per heavy atom. The molecule has 0 spiro atoms. The highest BCUT2D eigenvalue weighted by molar-refractivity contribution is 5.75. The van der Waals surface area contributed by atoms with Crippen molar-refractivity contribution >= 4 is 6.03 Å². The largest absolute Gasteiger partial charge is 0.393 e. The SMILES string of the molecule is O=C(NC1CCCCC1)N1CCCC1C1CCCC1O. The van der Waals surface area contributed by atoms with Crippen LogP contribution in [0.2, 0.25) is 0 Å². The van der Waals surface area contributed by atoms with Gasteiger partial charge in [0, 0.05) is 24.5 Å². The van der Waals surface area contributed by atoms with E-state index in [1.54, 1.807) is 0 Å². The van der Waals surface area contributed by atoms with Gasteiger partial charge < -0.3 is 15.3 Å². The van der Waals surface area contributed by atoms with Gasteiger partial charge in [-0.3, -0.25) is 0 Å². The Hall–Kier alpha value is -0.770. The number of aliphatic hydroxyl groups is 1. The lowest BCUT2D eigenvalue weighted by Gasteiger charge is -2.33. The third kappa shape index (κ3) is 2.95. The number of likely N-dealkylation sites (tertiary alicyclic amines) is 1. The summed E-state index contributed by atoms with van der Waals surface area (Å²) in [6.45, 7) is 0.867. The zero-order chi connectivity index (χ0) is 13.9. The molecular weight excluding hydrogens is 252 g/mol. The number of hydrogen-bond acceptors (Lipinski definition) is 2. The van der Waals surface area contributed by atoms with E-state index in [2.05, 4.69) is 5.32 Å². The van der Waals surface area contributed by atoms with Gasteiger partial charge in [-0.05, 0) is 38.5 Å². The van der Waals surface area contributed by atoms with Crippen molar-refractivity contribution in [3.8, 4) is 0 Å². The van der Waals surface area contributed by atoms with Crippen LogP contribution in [0.3, 0.4) is 0 Å². The first-order valence-electron chi connectivity index (χ1n) is 8.51. The summed E-state index contributed by atoms with van der Waals surface area (Å²) in [6, 6.07) is 0.778. The molecule has 114 valence electrons. The maximum atomic E-state index is 12.5. The average molecular weight is 280 g/mol. The quantitative estimate of drug-likeness (QED) is 0.817. The maximum Gasteiger partial charge on any atom is 0.317 e. The van der Waals surface area contributed by atoms with Gasteiger partial charge in [0.05, 0.1) is 6.10 Å². The lowest BCUT2D eigenvalue weighted by molar-refractivity contribution is 0.0832. The normalized spacial score (nSPS) is 35.5. The molecule has 4 nitrogen and oxygen atoms in total. The van der Waals surface area contributed by atoms with Crippen molar-refractivity contribution in [1.29, 1.82) is 0 Å². The Kier molecular flexibility index (Phi) is 4.49. The van der Waals surface area contributed by atoms with Gasteiger partial charge in [-0.25, -0.2) is 4.79 Å². The Balaban J connectivity index is 1.58. The van der Waals surface area contributed by atoms with Crippen LogP contribution in [0.15, 0.2) is 0 Å². The van der Waals surface area contributed by atoms with Crippen molar-refractivity contribution in [1.82, 2.24) is 10.2 Å². The first kappa shape index (κ1) is 14.2. The Labute approximate surface area is 121 Å². The lowest BCUT2D eigenvalue weighted by atomic mass is 9.94. The second-order valence-corrected chi connectivity index (χ2v) is 6.85.